The number of nitrogens with zero attached hydrogens (tertiary/aromatic N) is 2. The van der Waals surface area contributed by atoms with Gasteiger partial charge in [-0.3, -0.25) is 4.90 Å². The van der Waals surface area contributed by atoms with Crippen molar-refractivity contribution in [1.82, 2.24) is 9.80 Å². The molecule has 2 saturated heterocycles. The van der Waals surface area contributed by atoms with E-state index in [0.29, 0.717) is 11.0 Å². The van der Waals surface area contributed by atoms with E-state index < -0.39 is 0 Å². The lowest BCUT2D eigenvalue weighted by atomic mass is 9.79. The number of likely N-dealkylation sites (tertiary alicyclic amines) is 2. The van der Waals surface area contributed by atoms with Crippen molar-refractivity contribution < 1.29 is 0 Å². The maximum atomic E-state index is 6.23. The second-order valence-electron chi connectivity index (χ2n) is 7.37. The first kappa shape index (κ1) is 15.3. The Hall–Kier alpha value is -0.120. The number of nitrogens with two attached hydrogens (primary N) is 1. The quantitative estimate of drug-likeness (QED) is 0.852. The molecule has 3 heteroatoms. The van der Waals surface area contributed by atoms with Gasteiger partial charge in [-0.25, -0.2) is 0 Å². The first-order chi connectivity index (χ1) is 9.01. The second-order valence-corrected chi connectivity index (χ2v) is 7.37. The summed E-state index contributed by atoms with van der Waals surface area (Å²) in [5.41, 5.74) is 7.06. The molecule has 0 aromatic heterocycles. The Kier molecular flexibility index (Phi) is 4.91. The minimum atomic E-state index is 0.292. The van der Waals surface area contributed by atoms with Gasteiger partial charge < -0.3 is 10.6 Å². The predicted molar refractivity (Wildman–Crippen MR) is 82.3 cm³/mol. The van der Waals surface area contributed by atoms with Crippen molar-refractivity contribution in [3.8, 4) is 0 Å². The molecule has 0 radical (unpaired) electrons. The van der Waals surface area contributed by atoms with Crippen molar-refractivity contribution in [3.05, 3.63) is 0 Å². The maximum Gasteiger partial charge on any atom is 0.0344 e. The summed E-state index contributed by atoms with van der Waals surface area (Å²) in [7, 11) is 0. The smallest absolute Gasteiger partial charge is 0.0344 e. The van der Waals surface area contributed by atoms with Crippen LogP contribution < -0.4 is 5.73 Å². The zero-order valence-electron chi connectivity index (χ0n) is 13.2. The maximum absolute atomic E-state index is 6.23. The lowest BCUT2D eigenvalue weighted by molar-refractivity contribution is 0.0230. The summed E-state index contributed by atoms with van der Waals surface area (Å²) in [6, 6.07) is 0. The molecule has 2 aliphatic rings. The fraction of sp³-hybridized carbons (Fsp3) is 1.00. The molecule has 19 heavy (non-hydrogen) atoms. The van der Waals surface area contributed by atoms with Gasteiger partial charge in [0.25, 0.3) is 0 Å². The van der Waals surface area contributed by atoms with Crippen LogP contribution in [0.2, 0.25) is 0 Å². The van der Waals surface area contributed by atoms with E-state index >= 15 is 0 Å². The Balaban J connectivity index is 2.02. The standard InChI is InChI=1S/C16H33N3/c1-4-18-10-5-6-16(14-17,9-11-18)19-12-7-15(2,3)8-13-19/h4-14,17H2,1-3H3. The van der Waals surface area contributed by atoms with Crippen molar-refractivity contribution >= 4 is 0 Å². The molecule has 3 nitrogen and oxygen atoms in total. The Morgan fingerprint density at radius 3 is 2.21 bits per heavy atom. The molecule has 1 atom stereocenters. The first-order valence-electron chi connectivity index (χ1n) is 8.19. The van der Waals surface area contributed by atoms with Crippen molar-refractivity contribution in [2.45, 2.75) is 58.4 Å². The van der Waals surface area contributed by atoms with Gasteiger partial charge in [-0.2, -0.15) is 0 Å². The van der Waals surface area contributed by atoms with E-state index in [9.17, 15) is 0 Å². The molecule has 0 aliphatic carbocycles. The Morgan fingerprint density at radius 1 is 0.947 bits per heavy atom. The van der Waals surface area contributed by atoms with Crippen LogP contribution in [0.4, 0.5) is 0 Å². The van der Waals surface area contributed by atoms with Gasteiger partial charge in [-0.1, -0.05) is 20.8 Å². The molecule has 0 aromatic carbocycles. The summed E-state index contributed by atoms with van der Waals surface area (Å²) in [5.74, 6) is 0. The molecule has 2 N–H and O–H groups in total. The van der Waals surface area contributed by atoms with Gasteiger partial charge in [0.05, 0.1) is 0 Å². The monoisotopic (exact) mass is 267 g/mol. The molecular weight excluding hydrogens is 234 g/mol. The normalized spacial score (nSPS) is 34.1. The lowest BCUT2D eigenvalue weighted by Crippen LogP contribution is -2.57. The zero-order valence-corrected chi connectivity index (χ0v) is 13.2. The van der Waals surface area contributed by atoms with Crippen LogP contribution in [-0.2, 0) is 0 Å². The molecule has 2 rings (SSSR count). The molecule has 2 aliphatic heterocycles. The van der Waals surface area contributed by atoms with Gasteiger partial charge in [0, 0.05) is 12.1 Å². The summed E-state index contributed by atoms with van der Waals surface area (Å²) in [4.78, 5) is 5.32. The second kappa shape index (κ2) is 6.11. The minimum Gasteiger partial charge on any atom is -0.329 e. The average Bonchev–Trinajstić information content (AvgIpc) is 2.61. The van der Waals surface area contributed by atoms with Crippen molar-refractivity contribution in [3.63, 3.8) is 0 Å². The molecule has 0 saturated carbocycles. The third-order valence-corrected chi connectivity index (χ3v) is 5.62. The summed E-state index contributed by atoms with van der Waals surface area (Å²) < 4.78 is 0. The van der Waals surface area contributed by atoms with E-state index in [4.69, 9.17) is 5.73 Å². The first-order valence-corrected chi connectivity index (χ1v) is 8.19. The predicted octanol–water partition coefficient (Wildman–Crippen LogP) is 2.31. The third-order valence-electron chi connectivity index (χ3n) is 5.62. The third kappa shape index (κ3) is 3.50. The highest BCUT2D eigenvalue weighted by atomic mass is 15.2. The summed E-state index contributed by atoms with van der Waals surface area (Å²) in [6.07, 6.45) is 6.52. The highest BCUT2D eigenvalue weighted by molar-refractivity contribution is 4.97. The van der Waals surface area contributed by atoms with Crippen molar-refractivity contribution in [2.75, 3.05) is 39.3 Å². The SMILES string of the molecule is CCN1CCCC(CN)(N2CCC(C)(C)CC2)CC1. The van der Waals surface area contributed by atoms with E-state index in [0.717, 1.165) is 6.54 Å². The molecule has 2 heterocycles. The Labute approximate surface area is 119 Å². The van der Waals surface area contributed by atoms with Crippen LogP contribution in [-0.4, -0.2) is 54.6 Å². The van der Waals surface area contributed by atoms with Crippen LogP contribution in [0.1, 0.15) is 52.9 Å². The van der Waals surface area contributed by atoms with E-state index in [2.05, 4.69) is 30.6 Å². The number of rotatable bonds is 3. The van der Waals surface area contributed by atoms with E-state index in [1.165, 1.54) is 64.8 Å². The fourth-order valence-electron chi connectivity index (χ4n) is 3.79. The van der Waals surface area contributed by atoms with Gasteiger partial charge in [0.15, 0.2) is 0 Å². The highest BCUT2D eigenvalue weighted by Gasteiger charge is 2.39. The van der Waals surface area contributed by atoms with E-state index in [1.807, 2.05) is 0 Å². The number of piperidine rings is 1. The van der Waals surface area contributed by atoms with Crippen LogP contribution in [0, 0.1) is 5.41 Å². The highest BCUT2D eigenvalue weighted by Crippen LogP contribution is 2.36. The molecule has 112 valence electrons. The van der Waals surface area contributed by atoms with Crippen LogP contribution in [0.25, 0.3) is 0 Å². The van der Waals surface area contributed by atoms with Gasteiger partial charge >= 0.3 is 0 Å². The van der Waals surface area contributed by atoms with Crippen LogP contribution in [0.15, 0.2) is 0 Å². The molecule has 2 fully saturated rings. The average molecular weight is 267 g/mol. The van der Waals surface area contributed by atoms with E-state index in [-0.39, 0.29) is 0 Å². The number of hydrogen-bond donors (Lipinski definition) is 1. The zero-order chi connectivity index (χ0) is 13.9. The van der Waals surface area contributed by atoms with Crippen LogP contribution in [0.3, 0.4) is 0 Å². The van der Waals surface area contributed by atoms with Gasteiger partial charge in [0.2, 0.25) is 0 Å². The molecule has 0 bridgehead atoms. The van der Waals surface area contributed by atoms with Crippen LogP contribution >= 0.6 is 0 Å². The van der Waals surface area contributed by atoms with Gasteiger partial charge in [-0.05, 0) is 70.2 Å². The topological polar surface area (TPSA) is 32.5 Å². The largest absolute Gasteiger partial charge is 0.329 e. The molecule has 0 amide bonds. The van der Waals surface area contributed by atoms with Crippen molar-refractivity contribution in [1.29, 1.82) is 0 Å². The van der Waals surface area contributed by atoms with Crippen LogP contribution in [0.5, 0.6) is 0 Å². The number of hydrogen-bond acceptors (Lipinski definition) is 3. The lowest BCUT2D eigenvalue weighted by Gasteiger charge is -2.48. The van der Waals surface area contributed by atoms with Gasteiger partial charge in [0.1, 0.15) is 0 Å². The molecule has 1 unspecified atom stereocenters. The Bertz CT molecular complexity index is 280. The fourth-order valence-corrected chi connectivity index (χ4v) is 3.79. The Morgan fingerprint density at radius 2 is 1.63 bits per heavy atom. The van der Waals surface area contributed by atoms with E-state index in [1.54, 1.807) is 0 Å². The minimum absolute atomic E-state index is 0.292. The summed E-state index contributed by atoms with van der Waals surface area (Å²) in [5, 5.41) is 0. The summed E-state index contributed by atoms with van der Waals surface area (Å²) in [6.45, 7) is 14.1. The molecule has 0 aromatic rings. The summed E-state index contributed by atoms with van der Waals surface area (Å²) >= 11 is 0. The molecule has 0 spiro atoms. The molecular formula is C16H33N3. The van der Waals surface area contributed by atoms with Crippen molar-refractivity contribution in [2.24, 2.45) is 11.1 Å². The van der Waals surface area contributed by atoms with Gasteiger partial charge in [-0.15, -0.1) is 0 Å².